The molecule has 62 heavy (non-hydrogen) atoms. The first kappa shape index (κ1) is 35.0. The van der Waals surface area contributed by atoms with Gasteiger partial charge in [0.25, 0.3) is 0 Å². The van der Waals surface area contributed by atoms with Crippen molar-refractivity contribution in [3.8, 4) is 78.7 Å². The van der Waals surface area contributed by atoms with Crippen molar-refractivity contribution >= 4 is 31.5 Å². The third-order valence-corrected chi connectivity index (χ3v) is 14.1. The van der Waals surface area contributed by atoms with Gasteiger partial charge in [-0.2, -0.15) is 0 Å². The number of nitrogens with zero attached hydrogens (tertiary/aromatic N) is 3. The lowest BCUT2D eigenvalue weighted by atomic mass is 9.70. The molecular weight excluding hydrogens is 771 g/mol. The van der Waals surface area contributed by atoms with Crippen LogP contribution >= 0.6 is 11.3 Å². The van der Waals surface area contributed by atoms with Crippen molar-refractivity contribution in [3.63, 3.8) is 0 Å². The quantitative estimate of drug-likeness (QED) is 0.174. The minimum Gasteiger partial charge on any atom is -0.208 e. The Kier molecular flexibility index (Phi) is 7.69. The third-order valence-electron chi connectivity index (χ3n) is 13.0. The topological polar surface area (TPSA) is 38.7 Å². The van der Waals surface area contributed by atoms with Gasteiger partial charge in [-0.05, 0) is 91.0 Å². The lowest BCUT2D eigenvalue weighted by Crippen LogP contribution is -2.25. The maximum absolute atomic E-state index is 5.16. The molecule has 0 amide bonds. The fourth-order valence-corrected chi connectivity index (χ4v) is 11.3. The zero-order valence-electron chi connectivity index (χ0n) is 33.5. The van der Waals surface area contributed by atoms with Gasteiger partial charge in [-0.15, -0.1) is 11.3 Å². The minimum absolute atomic E-state index is 0.382. The van der Waals surface area contributed by atoms with Gasteiger partial charge >= 0.3 is 0 Å². The van der Waals surface area contributed by atoms with E-state index in [-0.39, 0.29) is 5.41 Å². The normalized spacial score (nSPS) is 13.0. The molecule has 2 aliphatic carbocycles. The SMILES string of the molecule is c1ccc(-c2nc(-c3ccc(-c4ccc5c(c4)C4(c6ccccc6-c6ccccc64)c4ccccc4-5)cc3)nc(-c3cccc(-c4ccc5c(c4)sc4ccccc45)c3)n2)cc1. The Morgan fingerprint density at radius 2 is 0.726 bits per heavy atom. The highest BCUT2D eigenvalue weighted by Gasteiger charge is 2.51. The third kappa shape index (κ3) is 5.20. The first-order valence-corrected chi connectivity index (χ1v) is 21.9. The summed E-state index contributed by atoms with van der Waals surface area (Å²) >= 11 is 1.84. The smallest absolute Gasteiger partial charge is 0.164 e. The van der Waals surface area contributed by atoms with E-state index in [0.717, 1.165) is 27.8 Å². The molecule has 0 saturated heterocycles. The van der Waals surface area contributed by atoms with Gasteiger partial charge in [0.1, 0.15) is 0 Å². The highest BCUT2D eigenvalue weighted by atomic mass is 32.1. The standard InChI is InChI=1S/C58H35N3S/c1-2-13-37(14-3-1)55-59-56(61-57(60-55)42-16-12-15-39(33-42)41-30-32-48-47-20-7-11-24-53(47)62-54(48)35-41)38-27-25-36(26-28-38)40-29-31-46-45-19-6-10-23-51(45)58(52(46)34-40)49-21-8-4-17-43(49)44-18-5-9-22-50(44)58/h1-35H. The highest BCUT2D eigenvalue weighted by Crippen LogP contribution is 2.63. The first-order chi connectivity index (χ1) is 30.7. The van der Waals surface area contributed by atoms with Crippen LogP contribution in [0.3, 0.4) is 0 Å². The summed E-state index contributed by atoms with van der Waals surface area (Å²) in [6, 6.07) is 76.8. The maximum atomic E-state index is 5.16. The largest absolute Gasteiger partial charge is 0.208 e. The van der Waals surface area contributed by atoms with Gasteiger partial charge in [-0.3, -0.25) is 0 Å². The Hall–Kier alpha value is -7.79. The first-order valence-electron chi connectivity index (χ1n) is 21.1. The Bertz CT molecular complexity index is 3520. The molecule has 0 bridgehead atoms. The zero-order chi connectivity index (χ0) is 40.8. The average Bonchev–Trinajstić information content (AvgIpc) is 3.98. The van der Waals surface area contributed by atoms with Crippen LogP contribution < -0.4 is 0 Å². The number of thiophene rings is 1. The van der Waals surface area contributed by atoms with Crippen LogP contribution in [0.15, 0.2) is 212 Å². The van der Waals surface area contributed by atoms with Crippen molar-refractivity contribution < 1.29 is 0 Å². The molecule has 0 aliphatic heterocycles. The van der Waals surface area contributed by atoms with Gasteiger partial charge in [0.2, 0.25) is 0 Å². The van der Waals surface area contributed by atoms with Crippen molar-refractivity contribution in [2.75, 3.05) is 0 Å². The number of rotatable bonds is 5. The van der Waals surface area contributed by atoms with Crippen molar-refractivity contribution in [2.24, 2.45) is 0 Å². The molecular formula is C58H35N3S. The Morgan fingerprint density at radius 3 is 1.42 bits per heavy atom. The lowest BCUT2D eigenvalue weighted by molar-refractivity contribution is 0.794. The molecule has 13 rings (SSSR count). The van der Waals surface area contributed by atoms with Crippen LogP contribution in [0.5, 0.6) is 0 Å². The summed E-state index contributed by atoms with van der Waals surface area (Å²) in [5.41, 5.74) is 17.7. The molecule has 9 aromatic carbocycles. The molecule has 11 aromatic rings. The summed E-state index contributed by atoms with van der Waals surface area (Å²) in [5.74, 6) is 1.93. The van der Waals surface area contributed by atoms with Crippen molar-refractivity contribution in [1.29, 1.82) is 0 Å². The van der Waals surface area contributed by atoms with Crippen LogP contribution in [-0.4, -0.2) is 15.0 Å². The van der Waals surface area contributed by atoms with Crippen LogP contribution in [0.1, 0.15) is 22.3 Å². The average molecular weight is 806 g/mol. The molecule has 288 valence electrons. The van der Waals surface area contributed by atoms with Crippen LogP contribution in [-0.2, 0) is 5.41 Å². The molecule has 2 heterocycles. The lowest BCUT2D eigenvalue weighted by Gasteiger charge is -2.30. The molecule has 4 heteroatoms. The number of hydrogen-bond donors (Lipinski definition) is 0. The van der Waals surface area contributed by atoms with E-state index in [4.69, 9.17) is 15.0 Å². The number of benzene rings is 9. The van der Waals surface area contributed by atoms with E-state index in [1.165, 1.54) is 75.8 Å². The fraction of sp³-hybridized carbons (Fsp3) is 0.0172. The van der Waals surface area contributed by atoms with E-state index in [2.05, 4.69) is 194 Å². The molecule has 3 nitrogen and oxygen atoms in total. The molecule has 1 spiro atoms. The minimum atomic E-state index is -0.382. The van der Waals surface area contributed by atoms with Gasteiger partial charge in [-0.1, -0.05) is 188 Å². The van der Waals surface area contributed by atoms with E-state index in [1.54, 1.807) is 0 Å². The monoisotopic (exact) mass is 805 g/mol. The molecule has 0 radical (unpaired) electrons. The Labute approximate surface area is 363 Å². The van der Waals surface area contributed by atoms with E-state index >= 15 is 0 Å². The van der Waals surface area contributed by atoms with Gasteiger partial charge in [0.05, 0.1) is 5.41 Å². The van der Waals surface area contributed by atoms with Gasteiger partial charge < -0.3 is 0 Å². The second-order valence-electron chi connectivity index (χ2n) is 16.3. The summed E-state index contributed by atoms with van der Waals surface area (Å²) < 4.78 is 2.59. The number of aromatic nitrogens is 3. The van der Waals surface area contributed by atoms with E-state index in [0.29, 0.717) is 17.5 Å². The molecule has 0 unspecified atom stereocenters. The van der Waals surface area contributed by atoms with Crippen LogP contribution in [0.2, 0.25) is 0 Å². The summed E-state index contributed by atoms with van der Waals surface area (Å²) in [5, 5.41) is 2.60. The summed E-state index contributed by atoms with van der Waals surface area (Å²) in [7, 11) is 0. The van der Waals surface area contributed by atoms with Crippen LogP contribution in [0.4, 0.5) is 0 Å². The molecule has 0 fully saturated rings. The van der Waals surface area contributed by atoms with Crippen molar-refractivity contribution in [3.05, 3.63) is 235 Å². The van der Waals surface area contributed by atoms with Gasteiger partial charge in [0, 0.05) is 36.9 Å². The summed E-state index contributed by atoms with van der Waals surface area (Å²) in [6.07, 6.45) is 0. The van der Waals surface area contributed by atoms with E-state index < -0.39 is 0 Å². The van der Waals surface area contributed by atoms with Crippen molar-refractivity contribution in [2.45, 2.75) is 5.41 Å². The summed E-state index contributed by atoms with van der Waals surface area (Å²) in [6.45, 7) is 0. The number of hydrogen-bond acceptors (Lipinski definition) is 4. The van der Waals surface area contributed by atoms with Crippen LogP contribution in [0, 0.1) is 0 Å². The summed E-state index contributed by atoms with van der Waals surface area (Å²) in [4.78, 5) is 15.3. The van der Waals surface area contributed by atoms with Gasteiger partial charge in [0.15, 0.2) is 17.5 Å². The number of fused-ring (bicyclic) bond motifs is 13. The molecule has 2 aromatic heterocycles. The van der Waals surface area contributed by atoms with Crippen LogP contribution in [0.25, 0.3) is 98.8 Å². The van der Waals surface area contributed by atoms with E-state index in [9.17, 15) is 0 Å². The molecule has 0 saturated carbocycles. The second-order valence-corrected chi connectivity index (χ2v) is 17.4. The molecule has 2 aliphatic rings. The molecule has 0 atom stereocenters. The zero-order valence-corrected chi connectivity index (χ0v) is 34.3. The second kappa shape index (κ2) is 13.6. The van der Waals surface area contributed by atoms with Crippen molar-refractivity contribution in [1.82, 2.24) is 15.0 Å². The Morgan fingerprint density at radius 1 is 0.274 bits per heavy atom. The highest BCUT2D eigenvalue weighted by molar-refractivity contribution is 7.25. The van der Waals surface area contributed by atoms with E-state index in [1.807, 2.05) is 29.5 Å². The predicted molar refractivity (Wildman–Crippen MR) is 256 cm³/mol. The van der Waals surface area contributed by atoms with Gasteiger partial charge in [-0.25, -0.2) is 15.0 Å². The Balaban J connectivity index is 0.898. The molecule has 0 N–H and O–H groups in total. The fourth-order valence-electron chi connectivity index (χ4n) is 10.2. The maximum Gasteiger partial charge on any atom is 0.164 e. The predicted octanol–water partition coefficient (Wildman–Crippen LogP) is 14.9.